The molecule has 0 aliphatic heterocycles. The van der Waals surface area contributed by atoms with Gasteiger partial charge < -0.3 is 5.73 Å². The van der Waals surface area contributed by atoms with Crippen molar-refractivity contribution in [2.75, 3.05) is 5.73 Å². The summed E-state index contributed by atoms with van der Waals surface area (Å²) in [5.74, 6) is 0.891. The molecule has 0 radical (unpaired) electrons. The highest BCUT2D eigenvalue weighted by Crippen LogP contribution is 2.19. The predicted octanol–water partition coefficient (Wildman–Crippen LogP) is 1.87. The van der Waals surface area contributed by atoms with Crippen molar-refractivity contribution >= 4 is 16.7 Å². The number of hydrogen-bond acceptors (Lipinski definition) is 4. The third-order valence-electron chi connectivity index (χ3n) is 2.65. The Morgan fingerprint density at radius 1 is 1.22 bits per heavy atom. The molecule has 3 rings (SSSR count). The van der Waals surface area contributed by atoms with Crippen molar-refractivity contribution in [3.8, 4) is 11.9 Å². The number of pyridine rings is 1. The third-order valence-corrected chi connectivity index (χ3v) is 2.65. The lowest BCUT2D eigenvalue weighted by Crippen LogP contribution is -2.02. The van der Waals surface area contributed by atoms with E-state index in [9.17, 15) is 5.26 Å². The van der Waals surface area contributed by atoms with Gasteiger partial charge in [0.25, 0.3) is 0 Å². The van der Waals surface area contributed by atoms with Crippen LogP contribution in [0.1, 0.15) is 5.56 Å². The number of aromatic nitrogens is 3. The summed E-state index contributed by atoms with van der Waals surface area (Å²) in [6.45, 7) is 0. The van der Waals surface area contributed by atoms with Crippen LogP contribution in [0.15, 0.2) is 42.6 Å². The van der Waals surface area contributed by atoms with Crippen LogP contribution in [0.5, 0.6) is 0 Å². The molecular formula is C13H9N5. The Hall–Kier alpha value is -2.87. The van der Waals surface area contributed by atoms with E-state index in [-0.39, 0.29) is 0 Å². The Morgan fingerprint density at radius 2 is 2.06 bits per heavy atom. The lowest BCUT2D eigenvalue weighted by atomic mass is 10.1. The van der Waals surface area contributed by atoms with Crippen molar-refractivity contribution in [2.45, 2.75) is 0 Å². The Labute approximate surface area is 103 Å². The molecule has 5 nitrogen and oxygen atoms in total. The Morgan fingerprint density at radius 3 is 2.78 bits per heavy atom. The second-order valence-corrected chi connectivity index (χ2v) is 3.85. The molecule has 18 heavy (non-hydrogen) atoms. The molecule has 0 aliphatic rings. The van der Waals surface area contributed by atoms with Crippen LogP contribution < -0.4 is 5.73 Å². The second kappa shape index (κ2) is 3.86. The summed E-state index contributed by atoms with van der Waals surface area (Å²) in [6.07, 6.45) is 1.69. The largest absolute Gasteiger partial charge is 0.382 e. The summed E-state index contributed by atoms with van der Waals surface area (Å²) in [6, 6.07) is 13.2. The summed E-state index contributed by atoms with van der Waals surface area (Å²) in [5, 5.41) is 14.2. The number of para-hydroxylation sites is 1. The molecule has 0 aliphatic carbocycles. The van der Waals surface area contributed by atoms with Crippen molar-refractivity contribution < 1.29 is 0 Å². The summed E-state index contributed by atoms with van der Waals surface area (Å²) < 4.78 is 1.51. The maximum atomic E-state index is 9.18. The SMILES string of the molecule is N#Cc1cc2ccccc2nc1-n1ccc(N)n1. The van der Waals surface area contributed by atoms with Crippen molar-refractivity contribution in [1.29, 1.82) is 5.26 Å². The smallest absolute Gasteiger partial charge is 0.171 e. The first-order valence-electron chi connectivity index (χ1n) is 5.39. The minimum atomic E-state index is 0.397. The highest BCUT2D eigenvalue weighted by atomic mass is 15.3. The van der Waals surface area contributed by atoms with Gasteiger partial charge in [-0.3, -0.25) is 0 Å². The number of anilines is 1. The highest BCUT2D eigenvalue weighted by Gasteiger charge is 2.09. The minimum absolute atomic E-state index is 0.397. The van der Waals surface area contributed by atoms with Gasteiger partial charge in [0.05, 0.1) is 11.1 Å². The fourth-order valence-corrected chi connectivity index (χ4v) is 1.82. The van der Waals surface area contributed by atoms with Gasteiger partial charge in [-0.25, -0.2) is 9.67 Å². The van der Waals surface area contributed by atoms with Crippen LogP contribution in [0.25, 0.3) is 16.7 Å². The maximum absolute atomic E-state index is 9.18. The molecule has 0 bridgehead atoms. The Balaban J connectivity index is 2.31. The first kappa shape index (κ1) is 10.3. The first-order chi connectivity index (χ1) is 8.78. The molecule has 0 amide bonds. The molecule has 0 spiro atoms. The van der Waals surface area contributed by atoms with E-state index in [1.165, 1.54) is 4.68 Å². The van der Waals surface area contributed by atoms with Crippen LogP contribution in [-0.2, 0) is 0 Å². The van der Waals surface area contributed by atoms with E-state index in [2.05, 4.69) is 16.2 Å². The van der Waals surface area contributed by atoms with Gasteiger partial charge in [0.2, 0.25) is 0 Å². The number of rotatable bonds is 1. The van der Waals surface area contributed by atoms with Gasteiger partial charge in [-0.1, -0.05) is 18.2 Å². The average Bonchev–Trinajstić information content (AvgIpc) is 2.83. The van der Waals surface area contributed by atoms with Crippen molar-refractivity contribution in [1.82, 2.24) is 14.8 Å². The zero-order valence-corrected chi connectivity index (χ0v) is 9.41. The predicted molar refractivity (Wildman–Crippen MR) is 68.0 cm³/mol. The number of fused-ring (bicyclic) bond motifs is 1. The number of nitrogens with zero attached hydrogens (tertiary/aromatic N) is 4. The van der Waals surface area contributed by atoms with Crippen molar-refractivity contribution in [2.24, 2.45) is 0 Å². The second-order valence-electron chi connectivity index (χ2n) is 3.85. The van der Waals surface area contributed by atoms with E-state index >= 15 is 0 Å². The monoisotopic (exact) mass is 235 g/mol. The van der Waals surface area contributed by atoms with E-state index in [1.807, 2.05) is 24.3 Å². The van der Waals surface area contributed by atoms with Crippen LogP contribution in [0.4, 0.5) is 5.82 Å². The summed E-state index contributed by atoms with van der Waals surface area (Å²) in [4.78, 5) is 4.45. The quantitative estimate of drug-likeness (QED) is 0.698. The number of hydrogen-bond donors (Lipinski definition) is 1. The van der Waals surface area contributed by atoms with Gasteiger partial charge in [-0.15, -0.1) is 5.10 Å². The van der Waals surface area contributed by atoms with E-state index < -0.39 is 0 Å². The van der Waals surface area contributed by atoms with Gasteiger partial charge in [0.15, 0.2) is 5.82 Å². The molecule has 1 aromatic carbocycles. The number of benzene rings is 1. The molecule has 0 saturated carbocycles. The van der Waals surface area contributed by atoms with Crippen molar-refractivity contribution in [3.63, 3.8) is 0 Å². The van der Waals surface area contributed by atoms with Crippen LogP contribution >= 0.6 is 0 Å². The Kier molecular flexibility index (Phi) is 2.21. The number of nitrogens with two attached hydrogens (primary N) is 1. The van der Waals surface area contributed by atoms with Gasteiger partial charge in [0, 0.05) is 17.6 Å². The zero-order chi connectivity index (χ0) is 12.5. The molecule has 0 saturated heterocycles. The lowest BCUT2D eigenvalue weighted by Gasteiger charge is -2.05. The molecule has 0 fully saturated rings. The van der Waals surface area contributed by atoms with E-state index in [4.69, 9.17) is 5.73 Å². The van der Waals surface area contributed by atoms with Crippen LogP contribution in [-0.4, -0.2) is 14.8 Å². The van der Waals surface area contributed by atoms with Gasteiger partial charge in [-0.05, 0) is 12.1 Å². The molecule has 5 heteroatoms. The maximum Gasteiger partial charge on any atom is 0.171 e. The number of nitriles is 1. The Bertz CT molecular complexity index is 766. The fraction of sp³-hybridized carbons (Fsp3) is 0. The van der Waals surface area contributed by atoms with E-state index in [0.29, 0.717) is 17.2 Å². The fourth-order valence-electron chi connectivity index (χ4n) is 1.82. The van der Waals surface area contributed by atoms with Crippen LogP contribution in [0.2, 0.25) is 0 Å². The molecule has 0 unspecified atom stereocenters. The topological polar surface area (TPSA) is 80.5 Å². The molecule has 86 valence electrons. The van der Waals surface area contributed by atoms with Crippen molar-refractivity contribution in [3.05, 3.63) is 48.2 Å². The van der Waals surface area contributed by atoms with Gasteiger partial charge in [-0.2, -0.15) is 5.26 Å². The van der Waals surface area contributed by atoms with E-state index in [0.717, 1.165) is 10.9 Å². The van der Waals surface area contributed by atoms with Gasteiger partial charge >= 0.3 is 0 Å². The molecule has 0 atom stereocenters. The third kappa shape index (κ3) is 1.57. The number of nitrogen functional groups attached to an aromatic ring is 1. The van der Waals surface area contributed by atoms with Crippen LogP contribution in [0, 0.1) is 11.3 Å². The minimum Gasteiger partial charge on any atom is -0.382 e. The highest BCUT2D eigenvalue weighted by molar-refractivity contribution is 5.81. The average molecular weight is 235 g/mol. The molecule has 2 N–H and O–H groups in total. The molecule has 2 aromatic heterocycles. The molecule has 2 heterocycles. The summed E-state index contributed by atoms with van der Waals surface area (Å²) in [5.41, 5.74) is 6.87. The van der Waals surface area contributed by atoms with Crippen LogP contribution in [0.3, 0.4) is 0 Å². The summed E-state index contributed by atoms with van der Waals surface area (Å²) >= 11 is 0. The zero-order valence-electron chi connectivity index (χ0n) is 9.41. The lowest BCUT2D eigenvalue weighted by molar-refractivity contribution is 0.854. The molecule has 3 aromatic rings. The normalized spacial score (nSPS) is 10.4. The summed E-state index contributed by atoms with van der Waals surface area (Å²) in [7, 11) is 0. The first-order valence-corrected chi connectivity index (χ1v) is 5.39. The molecular weight excluding hydrogens is 226 g/mol. The standard InChI is InChI=1S/C13H9N5/c14-8-10-7-9-3-1-2-4-11(9)16-13(10)18-6-5-12(15)17-18/h1-7H,(H2,15,17). The van der Waals surface area contributed by atoms with E-state index in [1.54, 1.807) is 18.3 Å². The van der Waals surface area contributed by atoms with Gasteiger partial charge in [0.1, 0.15) is 11.9 Å².